The largest absolute Gasteiger partial charge is 0.361 e. The minimum atomic E-state index is -0.205. The van der Waals surface area contributed by atoms with Gasteiger partial charge in [-0.15, -0.1) is 0 Å². The molecule has 0 spiro atoms. The molecule has 0 bridgehead atoms. The number of nitrogens with one attached hydrogen (secondary N) is 4. The summed E-state index contributed by atoms with van der Waals surface area (Å²) >= 11 is 6.29. The topological polar surface area (TPSA) is 110 Å². The fourth-order valence-corrected chi connectivity index (χ4v) is 3.37. The van der Waals surface area contributed by atoms with Gasteiger partial charge in [-0.3, -0.25) is 4.79 Å². The molecule has 0 fully saturated rings. The van der Waals surface area contributed by atoms with Crippen LogP contribution in [0, 0.1) is 0 Å². The third-order valence-electron chi connectivity index (χ3n) is 4.87. The number of amides is 1. The summed E-state index contributed by atoms with van der Waals surface area (Å²) < 4.78 is 0. The van der Waals surface area contributed by atoms with Crippen molar-refractivity contribution < 1.29 is 4.79 Å². The number of likely N-dealkylation sites (N-methyl/N-ethyl adjacent to an activating group) is 1. The number of aromatic amines is 1. The van der Waals surface area contributed by atoms with Gasteiger partial charge in [0.05, 0.1) is 12.4 Å². The summed E-state index contributed by atoms with van der Waals surface area (Å²) in [6, 6.07) is 15.2. The number of H-pyrrole nitrogens is 1. The van der Waals surface area contributed by atoms with Gasteiger partial charge in [0.25, 0.3) is 0 Å². The molecule has 2 aromatic heterocycles. The Morgan fingerprint density at radius 1 is 1.17 bits per heavy atom. The van der Waals surface area contributed by atoms with Crippen molar-refractivity contribution in [2.75, 3.05) is 36.7 Å². The van der Waals surface area contributed by atoms with Gasteiger partial charge in [0.1, 0.15) is 5.02 Å². The SMILES string of the molecule is CN(C)C/C=C/C(=O)Nc1cccc(Nc2nc(N/N=C/c3c[nH]c4ccccc34)ncc2Cl)c1. The Kier molecular flexibility index (Phi) is 7.71. The first-order valence-electron chi connectivity index (χ1n) is 10.8. The van der Waals surface area contributed by atoms with Crippen molar-refractivity contribution in [3.63, 3.8) is 0 Å². The van der Waals surface area contributed by atoms with Crippen molar-refractivity contribution in [3.8, 4) is 0 Å². The molecule has 178 valence electrons. The lowest BCUT2D eigenvalue weighted by Crippen LogP contribution is -2.13. The average Bonchev–Trinajstić information content (AvgIpc) is 3.24. The third-order valence-corrected chi connectivity index (χ3v) is 5.14. The van der Waals surface area contributed by atoms with E-state index in [0.29, 0.717) is 28.8 Å². The molecule has 9 nitrogen and oxygen atoms in total. The van der Waals surface area contributed by atoms with Crippen LogP contribution in [0.1, 0.15) is 5.56 Å². The number of halogens is 1. The van der Waals surface area contributed by atoms with E-state index in [1.54, 1.807) is 24.4 Å². The van der Waals surface area contributed by atoms with Crippen LogP contribution in [0.2, 0.25) is 5.02 Å². The maximum atomic E-state index is 12.1. The van der Waals surface area contributed by atoms with Crippen LogP contribution in [-0.4, -0.2) is 52.6 Å². The highest BCUT2D eigenvalue weighted by Gasteiger charge is 2.07. The normalized spacial score (nSPS) is 11.5. The van der Waals surface area contributed by atoms with Crippen LogP contribution in [0.15, 0.2) is 78.2 Å². The monoisotopic (exact) mass is 488 g/mol. The van der Waals surface area contributed by atoms with Crippen LogP contribution in [0.25, 0.3) is 10.9 Å². The molecule has 4 rings (SSSR count). The highest BCUT2D eigenvalue weighted by Crippen LogP contribution is 2.25. The van der Waals surface area contributed by atoms with E-state index < -0.39 is 0 Å². The Bertz CT molecular complexity index is 1380. The number of benzene rings is 2. The van der Waals surface area contributed by atoms with E-state index in [-0.39, 0.29) is 11.9 Å². The Balaban J connectivity index is 1.41. The van der Waals surface area contributed by atoms with Gasteiger partial charge in [-0.25, -0.2) is 10.4 Å². The molecule has 4 aromatic rings. The molecule has 4 N–H and O–H groups in total. The van der Waals surface area contributed by atoms with Crippen molar-refractivity contribution in [3.05, 3.63) is 83.7 Å². The van der Waals surface area contributed by atoms with Crippen LogP contribution in [0.3, 0.4) is 0 Å². The van der Waals surface area contributed by atoms with Crippen molar-refractivity contribution >= 4 is 57.8 Å². The zero-order valence-electron chi connectivity index (χ0n) is 19.3. The van der Waals surface area contributed by atoms with Crippen LogP contribution in [0.4, 0.5) is 23.1 Å². The number of anilines is 4. The first-order valence-corrected chi connectivity index (χ1v) is 11.2. The third kappa shape index (κ3) is 6.66. The molecular formula is C25H25ClN8O. The molecule has 0 aliphatic rings. The number of hydrogen-bond donors (Lipinski definition) is 4. The Morgan fingerprint density at radius 2 is 2.00 bits per heavy atom. The first kappa shape index (κ1) is 23.9. The molecule has 10 heteroatoms. The summed E-state index contributed by atoms with van der Waals surface area (Å²) in [6.45, 7) is 0.684. The molecule has 0 radical (unpaired) electrons. The highest BCUT2D eigenvalue weighted by molar-refractivity contribution is 6.32. The second kappa shape index (κ2) is 11.3. The van der Waals surface area contributed by atoms with Gasteiger partial charge in [0.15, 0.2) is 5.82 Å². The number of nitrogens with zero attached hydrogens (tertiary/aromatic N) is 4. The van der Waals surface area contributed by atoms with Crippen molar-refractivity contribution in [2.45, 2.75) is 0 Å². The number of hydrogen-bond acceptors (Lipinski definition) is 7. The molecule has 35 heavy (non-hydrogen) atoms. The lowest BCUT2D eigenvalue weighted by atomic mass is 10.2. The summed E-state index contributed by atoms with van der Waals surface area (Å²) in [5.41, 5.74) is 6.15. The zero-order chi connectivity index (χ0) is 24.6. The Labute approximate surface area is 207 Å². The summed E-state index contributed by atoms with van der Waals surface area (Å²) in [5.74, 6) is 0.480. The van der Waals surface area contributed by atoms with Crippen molar-refractivity contribution in [2.24, 2.45) is 5.10 Å². The van der Waals surface area contributed by atoms with Crippen LogP contribution >= 0.6 is 11.6 Å². The molecule has 0 saturated carbocycles. The quantitative estimate of drug-likeness (QED) is 0.152. The van der Waals surface area contributed by atoms with Crippen LogP contribution < -0.4 is 16.1 Å². The number of fused-ring (bicyclic) bond motifs is 1. The maximum absolute atomic E-state index is 12.1. The molecule has 0 aliphatic heterocycles. The lowest BCUT2D eigenvalue weighted by Gasteiger charge is -2.10. The van der Waals surface area contributed by atoms with Gasteiger partial charge in [-0.1, -0.05) is 41.9 Å². The number of aromatic nitrogens is 3. The van der Waals surface area contributed by atoms with Crippen molar-refractivity contribution in [1.82, 2.24) is 19.9 Å². The summed E-state index contributed by atoms with van der Waals surface area (Å²) in [7, 11) is 3.87. The predicted octanol–water partition coefficient (Wildman–Crippen LogP) is 4.86. The Hall–Kier alpha value is -4.21. The molecule has 0 atom stereocenters. The fraction of sp³-hybridized carbons (Fsp3) is 0.120. The zero-order valence-corrected chi connectivity index (χ0v) is 20.0. The lowest BCUT2D eigenvalue weighted by molar-refractivity contribution is -0.111. The number of rotatable bonds is 9. The van der Waals surface area contributed by atoms with Gasteiger partial charge in [-0.2, -0.15) is 10.1 Å². The summed E-state index contributed by atoms with van der Waals surface area (Å²) in [5, 5.41) is 11.7. The fourth-order valence-electron chi connectivity index (χ4n) is 3.23. The Morgan fingerprint density at radius 3 is 2.86 bits per heavy atom. The minimum Gasteiger partial charge on any atom is -0.361 e. The second-order valence-corrected chi connectivity index (χ2v) is 8.32. The number of hydrazone groups is 1. The summed E-state index contributed by atoms with van der Waals surface area (Å²) in [6.07, 6.45) is 8.38. The van der Waals surface area contributed by atoms with Gasteiger partial charge in [-0.05, 0) is 38.4 Å². The van der Waals surface area contributed by atoms with Crippen molar-refractivity contribution in [1.29, 1.82) is 0 Å². The van der Waals surface area contributed by atoms with Gasteiger partial charge < -0.3 is 20.5 Å². The smallest absolute Gasteiger partial charge is 0.248 e. The standard InChI is InChI=1S/C25H25ClN8O/c1-34(2)12-6-11-23(35)30-18-7-5-8-19(13-18)31-24-21(26)16-28-25(32-24)33-29-15-17-14-27-22-10-4-3-9-20(17)22/h3-11,13-16,27H,12H2,1-2H3,(H,30,35)(H2,28,31,32,33)/b11-6+,29-15+. The summed E-state index contributed by atoms with van der Waals surface area (Å²) in [4.78, 5) is 25.9. The molecule has 0 saturated heterocycles. The molecule has 1 amide bonds. The molecule has 2 aromatic carbocycles. The van der Waals surface area contributed by atoms with E-state index in [4.69, 9.17) is 11.6 Å². The first-order chi connectivity index (χ1) is 17.0. The van der Waals surface area contributed by atoms with Crippen LogP contribution in [-0.2, 0) is 4.79 Å². The van der Waals surface area contributed by atoms with Gasteiger partial charge >= 0.3 is 0 Å². The van der Waals surface area contributed by atoms with E-state index in [1.165, 1.54) is 12.3 Å². The van der Waals surface area contributed by atoms with E-state index in [1.807, 2.05) is 61.6 Å². The molecule has 0 aliphatic carbocycles. The predicted molar refractivity (Wildman–Crippen MR) is 143 cm³/mol. The van der Waals surface area contributed by atoms with E-state index in [2.05, 4.69) is 36.1 Å². The average molecular weight is 489 g/mol. The number of carbonyl (C=O) groups excluding carboxylic acids is 1. The second-order valence-electron chi connectivity index (χ2n) is 7.91. The molecular weight excluding hydrogens is 464 g/mol. The molecule has 0 unspecified atom stereocenters. The van der Waals surface area contributed by atoms with E-state index in [9.17, 15) is 4.79 Å². The van der Waals surface area contributed by atoms with E-state index in [0.717, 1.165) is 16.5 Å². The minimum absolute atomic E-state index is 0.205. The maximum Gasteiger partial charge on any atom is 0.248 e. The highest BCUT2D eigenvalue weighted by atomic mass is 35.5. The molecule has 2 heterocycles. The van der Waals surface area contributed by atoms with E-state index >= 15 is 0 Å². The van der Waals surface area contributed by atoms with Gasteiger partial charge in [0, 0.05) is 46.7 Å². The number of carbonyl (C=O) groups is 1. The van der Waals surface area contributed by atoms with Crippen LogP contribution in [0.5, 0.6) is 0 Å². The van der Waals surface area contributed by atoms with Gasteiger partial charge in [0.2, 0.25) is 11.9 Å². The number of para-hydroxylation sites is 1.